The first-order valence-electron chi connectivity index (χ1n) is 11.8. The van der Waals surface area contributed by atoms with Crippen molar-refractivity contribution in [1.82, 2.24) is 14.9 Å². The molecule has 2 aliphatic rings. The van der Waals surface area contributed by atoms with Crippen LogP contribution in [0.1, 0.15) is 45.6 Å². The van der Waals surface area contributed by atoms with Crippen LogP contribution in [0.2, 0.25) is 5.02 Å². The van der Waals surface area contributed by atoms with E-state index >= 15 is 0 Å². The van der Waals surface area contributed by atoms with E-state index in [2.05, 4.69) is 9.97 Å². The zero-order chi connectivity index (χ0) is 25.8. The van der Waals surface area contributed by atoms with Crippen molar-refractivity contribution in [2.24, 2.45) is 0 Å². The van der Waals surface area contributed by atoms with Crippen LogP contribution >= 0.6 is 11.6 Å². The van der Waals surface area contributed by atoms with Gasteiger partial charge in [0, 0.05) is 24.8 Å². The molecule has 2 saturated heterocycles. The third-order valence-electron chi connectivity index (χ3n) is 6.43. The van der Waals surface area contributed by atoms with Gasteiger partial charge in [0.25, 0.3) is 6.01 Å². The first-order chi connectivity index (χ1) is 16.9. The van der Waals surface area contributed by atoms with Gasteiger partial charge in [-0.2, -0.15) is 18.2 Å². The van der Waals surface area contributed by atoms with Crippen LogP contribution in [0.4, 0.5) is 24.0 Å². The van der Waals surface area contributed by atoms with E-state index in [1.165, 1.54) is 6.07 Å². The zero-order valence-corrected chi connectivity index (χ0v) is 20.9. The number of carbonyl (C=O) groups excluding carboxylic acids is 1. The van der Waals surface area contributed by atoms with Crippen molar-refractivity contribution in [2.75, 3.05) is 18.0 Å². The highest BCUT2D eigenvalue weighted by Crippen LogP contribution is 2.44. The molecule has 5 rings (SSSR count). The molecular weight excluding hydrogens is 497 g/mol. The van der Waals surface area contributed by atoms with Crippen molar-refractivity contribution in [1.29, 1.82) is 0 Å². The molecule has 1 amide bonds. The standard InChI is InChI=1S/C25H26ClF3N4O3/c1-24(2,3)36-23(34)33-14-7-6-8-15(33)13-32(12-14)22-31-20-19(25(27,28)29)17(26)11-16(21(20)35-22)18-9-4-5-10-30-18/h4-5,9-11,14-15H,6-8,12-13H2,1-3H3. The molecule has 0 saturated carbocycles. The molecule has 2 unspecified atom stereocenters. The molecule has 11 heteroatoms. The minimum atomic E-state index is -4.72. The van der Waals surface area contributed by atoms with Gasteiger partial charge < -0.3 is 14.1 Å². The fourth-order valence-electron chi connectivity index (χ4n) is 5.03. The van der Waals surface area contributed by atoms with Gasteiger partial charge >= 0.3 is 12.3 Å². The number of ether oxygens (including phenoxy) is 1. The summed E-state index contributed by atoms with van der Waals surface area (Å²) in [6.45, 7) is 6.19. The Morgan fingerprint density at radius 3 is 2.44 bits per heavy atom. The first kappa shape index (κ1) is 24.7. The topological polar surface area (TPSA) is 71.7 Å². The molecule has 192 valence electrons. The number of rotatable bonds is 2. The summed E-state index contributed by atoms with van der Waals surface area (Å²) in [6, 6.07) is 6.07. The molecule has 0 aliphatic carbocycles. The van der Waals surface area contributed by atoms with Crippen LogP contribution in [0.15, 0.2) is 34.9 Å². The van der Waals surface area contributed by atoms with Gasteiger partial charge in [0.1, 0.15) is 16.7 Å². The van der Waals surface area contributed by atoms with E-state index in [0.717, 1.165) is 19.3 Å². The molecule has 2 fully saturated rings. The predicted octanol–water partition coefficient (Wildman–Crippen LogP) is 6.54. The van der Waals surface area contributed by atoms with E-state index in [-0.39, 0.29) is 35.3 Å². The Morgan fingerprint density at radius 1 is 1.17 bits per heavy atom. The lowest BCUT2D eigenvalue weighted by Gasteiger charge is -2.49. The molecule has 0 N–H and O–H groups in total. The Balaban J connectivity index is 1.55. The summed E-state index contributed by atoms with van der Waals surface area (Å²) in [5.74, 6) is 0. The third-order valence-corrected chi connectivity index (χ3v) is 6.73. The molecule has 4 heterocycles. The van der Waals surface area contributed by atoms with Crippen molar-refractivity contribution in [3.05, 3.63) is 41.0 Å². The summed E-state index contributed by atoms with van der Waals surface area (Å²) in [4.78, 5) is 25.0. The Bertz CT molecular complexity index is 1280. The predicted molar refractivity (Wildman–Crippen MR) is 129 cm³/mol. The third kappa shape index (κ3) is 4.58. The molecule has 7 nitrogen and oxygen atoms in total. The second-order valence-electron chi connectivity index (χ2n) is 10.2. The molecule has 2 aromatic heterocycles. The Hall–Kier alpha value is -3.01. The molecule has 0 radical (unpaired) electrons. The van der Waals surface area contributed by atoms with Gasteiger partial charge in [-0.1, -0.05) is 17.7 Å². The summed E-state index contributed by atoms with van der Waals surface area (Å²) < 4.78 is 53.5. The summed E-state index contributed by atoms with van der Waals surface area (Å²) >= 11 is 6.12. The number of aromatic nitrogens is 2. The van der Waals surface area contributed by atoms with Crippen LogP contribution in [-0.4, -0.2) is 51.7 Å². The largest absolute Gasteiger partial charge is 0.444 e. The van der Waals surface area contributed by atoms with Crippen LogP contribution in [0.5, 0.6) is 0 Å². The molecule has 0 spiro atoms. The number of fused-ring (bicyclic) bond motifs is 3. The number of pyridine rings is 1. The number of benzene rings is 1. The summed E-state index contributed by atoms with van der Waals surface area (Å²) in [5, 5.41) is -0.470. The van der Waals surface area contributed by atoms with Crippen molar-refractivity contribution in [3.8, 4) is 11.3 Å². The van der Waals surface area contributed by atoms with Gasteiger partial charge in [-0.05, 0) is 58.2 Å². The van der Waals surface area contributed by atoms with Crippen LogP contribution in [0.25, 0.3) is 22.4 Å². The van der Waals surface area contributed by atoms with E-state index in [1.54, 1.807) is 29.3 Å². The average molecular weight is 523 g/mol. The first-order valence-corrected chi connectivity index (χ1v) is 12.2. The molecule has 1 aromatic carbocycles. The summed E-state index contributed by atoms with van der Waals surface area (Å²) in [5.41, 5.74) is -1.30. The molecular formula is C25H26ClF3N4O3. The maximum absolute atomic E-state index is 14.0. The smallest absolute Gasteiger partial charge is 0.420 e. The van der Waals surface area contributed by atoms with Gasteiger partial charge in [-0.3, -0.25) is 9.88 Å². The van der Waals surface area contributed by atoms with Crippen LogP contribution in [0, 0.1) is 0 Å². The number of piperidine rings is 1. The number of hydrogen-bond donors (Lipinski definition) is 0. The number of halogens is 4. The highest BCUT2D eigenvalue weighted by Gasteiger charge is 2.44. The second kappa shape index (κ2) is 8.83. The van der Waals surface area contributed by atoms with Crippen molar-refractivity contribution in [2.45, 2.75) is 63.9 Å². The highest BCUT2D eigenvalue weighted by atomic mass is 35.5. The fraction of sp³-hybridized carbons (Fsp3) is 0.480. The van der Waals surface area contributed by atoms with E-state index in [4.69, 9.17) is 20.8 Å². The summed E-state index contributed by atoms with van der Waals surface area (Å²) in [6.07, 6.45) is -1.10. The van der Waals surface area contributed by atoms with Gasteiger partial charge in [-0.15, -0.1) is 0 Å². The number of piperazine rings is 1. The maximum atomic E-state index is 14.0. The Kier molecular flexibility index (Phi) is 6.05. The van der Waals surface area contributed by atoms with Crippen LogP contribution < -0.4 is 4.90 Å². The number of nitrogens with zero attached hydrogens (tertiary/aromatic N) is 4. The lowest BCUT2D eigenvalue weighted by molar-refractivity contribution is -0.136. The zero-order valence-electron chi connectivity index (χ0n) is 20.1. The highest BCUT2D eigenvalue weighted by molar-refractivity contribution is 6.33. The quantitative estimate of drug-likeness (QED) is 0.380. The van der Waals surface area contributed by atoms with Crippen LogP contribution in [0.3, 0.4) is 0 Å². The number of anilines is 1. The van der Waals surface area contributed by atoms with Gasteiger partial charge in [0.15, 0.2) is 5.58 Å². The number of oxazole rings is 1. The number of carbonyl (C=O) groups is 1. The monoisotopic (exact) mass is 522 g/mol. The van der Waals surface area contributed by atoms with E-state index in [1.807, 2.05) is 25.7 Å². The van der Waals surface area contributed by atoms with Crippen molar-refractivity contribution in [3.63, 3.8) is 0 Å². The number of alkyl halides is 3. The minimum absolute atomic E-state index is 0.0276. The molecule has 2 aliphatic heterocycles. The normalized spacial score (nSPS) is 20.6. The second-order valence-corrected chi connectivity index (χ2v) is 10.6. The minimum Gasteiger partial charge on any atom is -0.444 e. The summed E-state index contributed by atoms with van der Waals surface area (Å²) in [7, 11) is 0. The molecule has 36 heavy (non-hydrogen) atoms. The Morgan fingerprint density at radius 2 is 1.86 bits per heavy atom. The molecule has 3 aromatic rings. The number of hydrogen-bond acceptors (Lipinski definition) is 6. The van der Waals surface area contributed by atoms with Crippen LogP contribution in [-0.2, 0) is 10.9 Å². The van der Waals surface area contributed by atoms with Gasteiger partial charge in [0.05, 0.1) is 22.8 Å². The molecule has 2 atom stereocenters. The lowest BCUT2D eigenvalue weighted by Crippen LogP contribution is -2.63. The molecule has 2 bridgehead atoms. The van der Waals surface area contributed by atoms with Gasteiger partial charge in [-0.25, -0.2) is 4.79 Å². The van der Waals surface area contributed by atoms with Gasteiger partial charge in [0.2, 0.25) is 0 Å². The van der Waals surface area contributed by atoms with E-state index < -0.39 is 22.4 Å². The van der Waals surface area contributed by atoms with E-state index in [0.29, 0.717) is 24.3 Å². The lowest BCUT2D eigenvalue weighted by atomic mass is 9.92. The fourth-order valence-corrected chi connectivity index (χ4v) is 5.34. The van der Waals surface area contributed by atoms with Crippen molar-refractivity contribution < 1.29 is 27.1 Å². The van der Waals surface area contributed by atoms with Crippen molar-refractivity contribution >= 4 is 34.8 Å². The van der Waals surface area contributed by atoms with E-state index in [9.17, 15) is 18.0 Å². The maximum Gasteiger partial charge on any atom is 0.420 e. The SMILES string of the molecule is CC(C)(C)OC(=O)N1C2CCCC1CN(c1nc3c(C(F)(F)F)c(Cl)cc(-c4ccccn4)c3o1)C2. The Labute approximate surface area is 211 Å². The average Bonchev–Trinajstić information content (AvgIpc) is 3.20. The number of amides is 1.